The Morgan fingerprint density at radius 3 is 2.94 bits per heavy atom. The summed E-state index contributed by atoms with van der Waals surface area (Å²) in [5.41, 5.74) is 0.848. The number of carbonyl (C=O) groups excluding carboxylic acids is 1. The zero-order chi connectivity index (χ0) is 13.1. The van der Waals surface area contributed by atoms with Gasteiger partial charge < -0.3 is 9.64 Å². The van der Waals surface area contributed by atoms with E-state index in [9.17, 15) is 13.6 Å². The molecular formula is C13H15F2NO2. The molecule has 1 saturated heterocycles. The number of hydrogen-bond acceptors (Lipinski definition) is 2. The molecule has 1 heterocycles. The van der Waals surface area contributed by atoms with Crippen LogP contribution in [0.1, 0.15) is 24.4 Å². The van der Waals surface area contributed by atoms with Crippen LogP contribution in [0, 0.1) is 0 Å². The fourth-order valence-corrected chi connectivity index (χ4v) is 2.35. The van der Waals surface area contributed by atoms with E-state index >= 15 is 0 Å². The number of methoxy groups -OCH3 is 1. The number of halogens is 2. The van der Waals surface area contributed by atoms with Gasteiger partial charge in [-0.2, -0.15) is 8.78 Å². The lowest BCUT2D eigenvalue weighted by Crippen LogP contribution is -2.35. The van der Waals surface area contributed by atoms with Gasteiger partial charge in [0, 0.05) is 6.54 Å². The number of benzene rings is 1. The van der Waals surface area contributed by atoms with Gasteiger partial charge in [0.15, 0.2) is 0 Å². The van der Waals surface area contributed by atoms with Crippen LogP contribution in [0.25, 0.3) is 0 Å². The maximum Gasteiger partial charge on any atom is 0.315 e. The van der Waals surface area contributed by atoms with Crippen LogP contribution in [0.2, 0.25) is 0 Å². The number of alkyl halides is 2. The molecule has 1 aromatic rings. The van der Waals surface area contributed by atoms with Gasteiger partial charge in [-0.05, 0) is 30.5 Å². The molecule has 2 rings (SSSR count). The van der Waals surface area contributed by atoms with Gasteiger partial charge in [-0.3, -0.25) is 4.79 Å². The zero-order valence-electron chi connectivity index (χ0n) is 10.1. The summed E-state index contributed by atoms with van der Waals surface area (Å²) in [7, 11) is 1.55. The first-order chi connectivity index (χ1) is 8.63. The third-order valence-corrected chi connectivity index (χ3v) is 3.20. The number of nitrogens with zero attached hydrogens (tertiary/aromatic N) is 1. The molecule has 98 valence electrons. The second kappa shape index (κ2) is 5.33. The summed E-state index contributed by atoms with van der Waals surface area (Å²) in [6.07, 6.45) is -1.47. The largest absolute Gasteiger partial charge is 0.497 e. The van der Waals surface area contributed by atoms with Gasteiger partial charge in [0.05, 0.1) is 13.2 Å². The van der Waals surface area contributed by atoms with Gasteiger partial charge in [0.25, 0.3) is 5.91 Å². The molecule has 0 N–H and O–H groups in total. The van der Waals surface area contributed by atoms with Crippen LogP contribution in [-0.4, -0.2) is 30.9 Å². The molecule has 0 bridgehead atoms. The molecule has 1 aromatic carbocycles. The van der Waals surface area contributed by atoms with Gasteiger partial charge in [0.1, 0.15) is 5.75 Å². The molecule has 18 heavy (non-hydrogen) atoms. The van der Waals surface area contributed by atoms with Gasteiger partial charge in [0.2, 0.25) is 0 Å². The van der Waals surface area contributed by atoms with Crippen LogP contribution in [0.15, 0.2) is 24.3 Å². The van der Waals surface area contributed by atoms with Crippen molar-refractivity contribution in [3.8, 4) is 5.75 Å². The number of amides is 1. The van der Waals surface area contributed by atoms with E-state index in [-0.39, 0.29) is 6.04 Å². The second-order valence-corrected chi connectivity index (χ2v) is 4.27. The van der Waals surface area contributed by atoms with Crippen molar-refractivity contribution in [2.45, 2.75) is 25.3 Å². The molecule has 5 heteroatoms. The van der Waals surface area contributed by atoms with Crippen LogP contribution >= 0.6 is 0 Å². The Balaban J connectivity index is 2.23. The van der Waals surface area contributed by atoms with Crippen LogP contribution in [-0.2, 0) is 4.79 Å². The van der Waals surface area contributed by atoms with E-state index in [0.717, 1.165) is 12.0 Å². The minimum Gasteiger partial charge on any atom is -0.497 e. The number of rotatable bonds is 3. The zero-order valence-corrected chi connectivity index (χ0v) is 10.1. The highest BCUT2D eigenvalue weighted by atomic mass is 19.3. The number of likely N-dealkylation sites (tertiary alicyclic amines) is 1. The summed E-state index contributed by atoms with van der Waals surface area (Å²) in [6.45, 7) is 0.394. The maximum atomic E-state index is 12.5. The molecule has 0 saturated carbocycles. The van der Waals surface area contributed by atoms with Crippen LogP contribution in [0.5, 0.6) is 5.75 Å². The SMILES string of the molecule is COc1cccc(C2CCCN2C(=O)C(F)F)c1. The quantitative estimate of drug-likeness (QED) is 0.831. The molecule has 0 aliphatic carbocycles. The summed E-state index contributed by atoms with van der Waals surface area (Å²) >= 11 is 0. The predicted octanol–water partition coefficient (Wildman–Crippen LogP) is 2.62. The second-order valence-electron chi connectivity index (χ2n) is 4.27. The van der Waals surface area contributed by atoms with Crippen molar-refractivity contribution in [2.24, 2.45) is 0 Å². The van der Waals surface area contributed by atoms with E-state index in [1.165, 1.54) is 4.90 Å². The molecule has 0 radical (unpaired) electrons. The first-order valence-corrected chi connectivity index (χ1v) is 5.86. The highest BCUT2D eigenvalue weighted by Gasteiger charge is 2.34. The molecule has 1 aliphatic rings. The Labute approximate surface area is 104 Å². The lowest BCUT2D eigenvalue weighted by atomic mass is 10.0. The van der Waals surface area contributed by atoms with E-state index in [4.69, 9.17) is 4.74 Å². The molecule has 1 fully saturated rings. The van der Waals surface area contributed by atoms with E-state index in [2.05, 4.69) is 0 Å². The topological polar surface area (TPSA) is 29.5 Å². The standard InChI is InChI=1S/C13H15F2NO2/c1-18-10-5-2-4-9(8-10)11-6-3-7-16(11)13(17)12(14)15/h2,4-5,8,11-12H,3,6-7H2,1H3. The normalized spacial score (nSPS) is 19.3. The summed E-state index contributed by atoms with van der Waals surface area (Å²) in [6, 6.07) is 6.96. The number of hydrogen-bond donors (Lipinski definition) is 0. The van der Waals surface area contributed by atoms with Crippen molar-refractivity contribution in [1.29, 1.82) is 0 Å². The smallest absolute Gasteiger partial charge is 0.315 e. The van der Waals surface area contributed by atoms with Crippen LogP contribution in [0.4, 0.5) is 8.78 Å². The highest BCUT2D eigenvalue weighted by Crippen LogP contribution is 2.34. The van der Waals surface area contributed by atoms with Crippen molar-refractivity contribution < 1.29 is 18.3 Å². The summed E-state index contributed by atoms with van der Waals surface area (Å²) in [4.78, 5) is 12.7. The van der Waals surface area contributed by atoms with Gasteiger partial charge >= 0.3 is 6.43 Å². The van der Waals surface area contributed by atoms with Crippen molar-refractivity contribution in [3.63, 3.8) is 0 Å². The Morgan fingerprint density at radius 2 is 2.28 bits per heavy atom. The first kappa shape index (κ1) is 12.8. The first-order valence-electron chi connectivity index (χ1n) is 5.86. The average Bonchev–Trinajstić information content (AvgIpc) is 2.86. The Morgan fingerprint density at radius 1 is 1.50 bits per heavy atom. The molecule has 1 amide bonds. The summed E-state index contributed by atoms with van der Waals surface area (Å²) in [5, 5.41) is 0. The molecular weight excluding hydrogens is 240 g/mol. The van der Waals surface area contributed by atoms with E-state index < -0.39 is 12.3 Å². The average molecular weight is 255 g/mol. The highest BCUT2D eigenvalue weighted by molar-refractivity contribution is 5.80. The lowest BCUT2D eigenvalue weighted by molar-refractivity contribution is -0.143. The van der Waals surface area contributed by atoms with Gasteiger partial charge in [-0.15, -0.1) is 0 Å². The molecule has 3 nitrogen and oxygen atoms in total. The van der Waals surface area contributed by atoms with Crippen molar-refractivity contribution >= 4 is 5.91 Å². The molecule has 1 atom stereocenters. The monoisotopic (exact) mass is 255 g/mol. The molecule has 1 aliphatic heterocycles. The van der Waals surface area contributed by atoms with E-state index in [1.807, 2.05) is 6.07 Å². The van der Waals surface area contributed by atoms with Crippen molar-refractivity contribution in [3.05, 3.63) is 29.8 Å². The molecule has 0 aromatic heterocycles. The summed E-state index contributed by atoms with van der Waals surface area (Å²) < 4.78 is 30.1. The lowest BCUT2D eigenvalue weighted by Gasteiger charge is -2.24. The minimum atomic E-state index is -2.93. The third kappa shape index (κ3) is 2.44. The van der Waals surface area contributed by atoms with Crippen molar-refractivity contribution in [2.75, 3.05) is 13.7 Å². The fraction of sp³-hybridized carbons (Fsp3) is 0.462. The van der Waals surface area contributed by atoms with E-state index in [1.54, 1.807) is 25.3 Å². The summed E-state index contributed by atoms with van der Waals surface area (Å²) in [5.74, 6) is -0.413. The van der Waals surface area contributed by atoms with Gasteiger partial charge in [-0.1, -0.05) is 12.1 Å². The van der Waals surface area contributed by atoms with E-state index in [0.29, 0.717) is 18.7 Å². The van der Waals surface area contributed by atoms with Crippen molar-refractivity contribution in [1.82, 2.24) is 4.90 Å². The Bertz CT molecular complexity index is 437. The predicted molar refractivity (Wildman–Crippen MR) is 62.7 cm³/mol. The maximum absolute atomic E-state index is 12.5. The van der Waals surface area contributed by atoms with Gasteiger partial charge in [-0.25, -0.2) is 0 Å². The van der Waals surface area contributed by atoms with Crippen LogP contribution < -0.4 is 4.74 Å². The Kier molecular flexibility index (Phi) is 3.79. The molecule has 0 spiro atoms. The third-order valence-electron chi connectivity index (χ3n) is 3.20. The van der Waals surface area contributed by atoms with Crippen LogP contribution in [0.3, 0.4) is 0 Å². The number of ether oxygens (including phenoxy) is 1. The minimum absolute atomic E-state index is 0.262. The Hall–Kier alpha value is -1.65. The number of carbonyl (C=O) groups is 1. The fourth-order valence-electron chi connectivity index (χ4n) is 2.35. The molecule has 1 unspecified atom stereocenters.